The monoisotopic (exact) mass is 293 g/mol. The third-order valence-corrected chi connectivity index (χ3v) is 4.09. The maximum absolute atomic E-state index is 11.2. The van der Waals surface area contributed by atoms with Crippen LogP contribution >= 0.6 is 15.9 Å². The minimum Gasteiger partial charge on any atom is -0.481 e. The van der Waals surface area contributed by atoms with E-state index in [1.165, 1.54) is 5.57 Å². The number of hydrogen-bond acceptors (Lipinski definition) is 2. The van der Waals surface area contributed by atoms with Crippen LogP contribution in [0.5, 0.6) is 0 Å². The molecule has 0 aromatic heterocycles. The number of nitrogens with zero attached hydrogens (tertiary/aromatic N) is 1. The number of hydrogen-bond donors (Lipinski definition) is 1. The summed E-state index contributed by atoms with van der Waals surface area (Å²) in [6.07, 6.45) is 2.66. The first-order chi connectivity index (χ1) is 8.16. The van der Waals surface area contributed by atoms with Crippen molar-refractivity contribution in [3.63, 3.8) is 0 Å². The predicted molar refractivity (Wildman–Crippen MR) is 67.1 cm³/mol. The molecule has 3 nitrogen and oxygen atoms in total. The van der Waals surface area contributed by atoms with E-state index in [0.717, 1.165) is 34.3 Å². The van der Waals surface area contributed by atoms with Crippen LogP contribution < -0.4 is 10.6 Å². The molecule has 0 bridgehead atoms. The van der Waals surface area contributed by atoms with Gasteiger partial charge in [0.2, 0.25) is 0 Å². The molecule has 1 aliphatic heterocycles. The van der Waals surface area contributed by atoms with Crippen LogP contribution in [-0.2, 0) is 4.79 Å². The number of carboxylic acids is 1. The topological polar surface area (TPSA) is 49.7 Å². The Morgan fingerprint density at radius 3 is 3.06 bits per heavy atom. The van der Waals surface area contributed by atoms with Crippen molar-refractivity contribution < 1.29 is 9.90 Å². The lowest BCUT2D eigenvalue weighted by Crippen LogP contribution is -2.31. The molecule has 1 aromatic rings. The van der Waals surface area contributed by atoms with Gasteiger partial charge in [0, 0.05) is 9.69 Å². The van der Waals surface area contributed by atoms with Gasteiger partial charge in [0.15, 0.2) is 0 Å². The van der Waals surface area contributed by atoms with Crippen LogP contribution in [0.3, 0.4) is 0 Å². The summed E-state index contributed by atoms with van der Waals surface area (Å²) in [7, 11) is 0. The van der Waals surface area contributed by atoms with Gasteiger partial charge in [-0.2, -0.15) is 0 Å². The Morgan fingerprint density at radius 1 is 1.47 bits per heavy atom. The van der Waals surface area contributed by atoms with Crippen LogP contribution in [0, 0.1) is 5.92 Å². The van der Waals surface area contributed by atoms with E-state index in [1.807, 2.05) is 12.1 Å². The number of fused-ring (bicyclic) bond motifs is 2. The Labute approximate surface area is 107 Å². The molecule has 0 unspecified atom stereocenters. The molecule has 17 heavy (non-hydrogen) atoms. The summed E-state index contributed by atoms with van der Waals surface area (Å²) in [5.41, 5.74) is 1.21. The normalized spacial score (nSPS) is 26.1. The lowest BCUT2D eigenvalue weighted by Gasteiger charge is -2.25. The summed E-state index contributed by atoms with van der Waals surface area (Å²) in [5, 5.41) is 11.3. The number of halogens is 1. The van der Waals surface area contributed by atoms with Crippen molar-refractivity contribution in [1.82, 2.24) is 0 Å². The molecule has 1 heterocycles. The molecule has 4 heteroatoms. The first-order valence-electron chi connectivity index (χ1n) is 5.76. The van der Waals surface area contributed by atoms with Crippen LogP contribution in [0.1, 0.15) is 19.3 Å². The molecule has 0 spiro atoms. The third kappa shape index (κ3) is 1.71. The van der Waals surface area contributed by atoms with E-state index < -0.39 is 5.97 Å². The van der Waals surface area contributed by atoms with Gasteiger partial charge in [-0.05, 0) is 43.0 Å². The van der Waals surface area contributed by atoms with Crippen molar-refractivity contribution in [2.75, 3.05) is 0 Å². The lowest BCUT2D eigenvalue weighted by molar-refractivity contribution is -0.142. The van der Waals surface area contributed by atoms with E-state index in [-0.39, 0.29) is 12.0 Å². The van der Waals surface area contributed by atoms with E-state index in [0.29, 0.717) is 0 Å². The summed E-state index contributed by atoms with van der Waals surface area (Å²) in [6.45, 7) is 0. The second-order valence-corrected chi connectivity index (χ2v) is 5.51. The number of carbonyl (C=O) groups is 1. The second-order valence-electron chi connectivity index (χ2n) is 4.60. The SMILES string of the molecule is O=C(O)[C@@H]1CCCC2=c3cc(Br)ccc3=N[C@@H]21. The van der Waals surface area contributed by atoms with E-state index in [1.54, 1.807) is 0 Å². The highest BCUT2D eigenvalue weighted by molar-refractivity contribution is 9.10. The molecular formula is C13H12BrNO2. The van der Waals surface area contributed by atoms with Crippen LogP contribution in [0.15, 0.2) is 27.7 Å². The zero-order valence-electron chi connectivity index (χ0n) is 9.19. The summed E-state index contributed by atoms with van der Waals surface area (Å²) in [4.78, 5) is 15.8. The van der Waals surface area contributed by atoms with Gasteiger partial charge in [-0.3, -0.25) is 9.79 Å². The average molecular weight is 294 g/mol. The maximum Gasteiger partial charge on any atom is 0.309 e. The quantitative estimate of drug-likeness (QED) is 0.853. The Hall–Kier alpha value is -1.16. The molecule has 3 rings (SSSR count). The van der Waals surface area contributed by atoms with Crippen molar-refractivity contribution >= 4 is 27.5 Å². The first kappa shape index (κ1) is 11.0. The zero-order valence-corrected chi connectivity index (χ0v) is 10.8. The Bertz CT molecular complexity index is 608. The van der Waals surface area contributed by atoms with Gasteiger partial charge >= 0.3 is 5.97 Å². The largest absolute Gasteiger partial charge is 0.481 e. The fourth-order valence-electron chi connectivity index (χ4n) is 2.81. The van der Waals surface area contributed by atoms with Gasteiger partial charge in [-0.1, -0.05) is 15.9 Å². The van der Waals surface area contributed by atoms with Crippen molar-refractivity contribution in [1.29, 1.82) is 0 Å². The van der Waals surface area contributed by atoms with Gasteiger partial charge < -0.3 is 5.11 Å². The molecule has 1 aliphatic carbocycles. The highest BCUT2D eigenvalue weighted by Crippen LogP contribution is 2.32. The second kappa shape index (κ2) is 3.95. The van der Waals surface area contributed by atoms with Gasteiger partial charge in [-0.25, -0.2) is 0 Å². The lowest BCUT2D eigenvalue weighted by atomic mass is 9.81. The van der Waals surface area contributed by atoms with Gasteiger partial charge in [0.25, 0.3) is 0 Å². The average Bonchev–Trinajstić information content (AvgIpc) is 2.66. The highest BCUT2D eigenvalue weighted by Gasteiger charge is 2.36. The van der Waals surface area contributed by atoms with Crippen LogP contribution in [-0.4, -0.2) is 17.1 Å². The highest BCUT2D eigenvalue weighted by atomic mass is 79.9. The molecule has 2 atom stereocenters. The zero-order chi connectivity index (χ0) is 12.0. The van der Waals surface area contributed by atoms with E-state index in [2.05, 4.69) is 27.0 Å². The first-order valence-corrected chi connectivity index (χ1v) is 6.55. The summed E-state index contributed by atoms with van der Waals surface area (Å²) in [6, 6.07) is 5.84. The van der Waals surface area contributed by atoms with E-state index in [9.17, 15) is 9.90 Å². The molecule has 0 amide bonds. The molecule has 1 saturated carbocycles. The molecule has 1 fully saturated rings. The molecule has 1 N–H and O–H groups in total. The summed E-state index contributed by atoms with van der Waals surface area (Å²) >= 11 is 3.45. The summed E-state index contributed by atoms with van der Waals surface area (Å²) in [5.74, 6) is -1.06. The van der Waals surface area contributed by atoms with Crippen LogP contribution in [0.4, 0.5) is 0 Å². The Balaban J connectivity index is 2.19. The summed E-state index contributed by atoms with van der Waals surface area (Å²) < 4.78 is 1.03. The van der Waals surface area contributed by atoms with Crippen LogP contribution in [0.25, 0.3) is 5.57 Å². The number of rotatable bonds is 1. The van der Waals surface area contributed by atoms with Gasteiger partial charge in [0.05, 0.1) is 17.3 Å². The standard InChI is InChI=1S/C13H12BrNO2/c14-7-4-5-11-10(6-7)8-2-1-3-9(13(16)17)12(8)15-11/h4-6,9,12H,1-3H2,(H,16,17)/t9-,12+/m1/s1. The fourth-order valence-corrected chi connectivity index (χ4v) is 3.17. The molecule has 2 aliphatic rings. The predicted octanol–water partition coefficient (Wildman–Crippen LogP) is 1.49. The third-order valence-electron chi connectivity index (χ3n) is 3.60. The maximum atomic E-state index is 11.2. The molecular weight excluding hydrogens is 282 g/mol. The van der Waals surface area contributed by atoms with Gasteiger partial charge in [0.1, 0.15) is 0 Å². The minimum absolute atomic E-state index is 0.134. The fraction of sp³-hybridized carbons (Fsp3) is 0.385. The van der Waals surface area contributed by atoms with Crippen molar-refractivity contribution in [2.45, 2.75) is 25.3 Å². The number of aliphatic carboxylic acids is 1. The smallest absolute Gasteiger partial charge is 0.309 e. The number of benzene rings is 1. The van der Waals surface area contributed by atoms with Crippen molar-refractivity contribution in [2.24, 2.45) is 10.9 Å². The van der Waals surface area contributed by atoms with Crippen molar-refractivity contribution in [3.05, 3.63) is 33.2 Å². The Kier molecular flexibility index (Phi) is 2.54. The van der Waals surface area contributed by atoms with E-state index in [4.69, 9.17) is 0 Å². The van der Waals surface area contributed by atoms with Crippen LogP contribution in [0.2, 0.25) is 0 Å². The molecule has 0 saturated heterocycles. The van der Waals surface area contributed by atoms with Gasteiger partial charge in [-0.15, -0.1) is 0 Å². The molecule has 88 valence electrons. The minimum atomic E-state index is -0.720. The number of carboxylic acid groups (broad SMARTS) is 1. The van der Waals surface area contributed by atoms with Crippen molar-refractivity contribution in [3.8, 4) is 0 Å². The Morgan fingerprint density at radius 2 is 2.29 bits per heavy atom. The van der Waals surface area contributed by atoms with E-state index >= 15 is 0 Å². The molecule has 0 radical (unpaired) electrons. The molecule has 1 aromatic carbocycles.